The Labute approximate surface area is 95.2 Å². The Morgan fingerprint density at radius 2 is 1.47 bits per heavy atom. The number of nitrogens with zero attached hydrogens (tertiary/aromatic N) is 1. The average Bonchev–Trinajstić information content (AvgIpc) is 2.43. The minimum atomic E-state index is 0.721. The molecule has 1 heterocycles. The van der Waals surface area contributed by atoms with E-state index in [2.05, 4.69) is 18.7 Å². The zero-order valence-corrected chi connectivity index (χ0v) is 10.6. The van der Waals surface area contributed by atoms with Crippen molar-refractivity contribution in [2.24, 2.45) is 5.41 Å². The molecule has 0 amide bonds. The first kappa shape index (κ1) is 11.4. The molecule has 1 heteroatoms. The van der Waals surface area contributed by atoms with E-state index in [9.17, 15) is 0 Å². The Morgan fingerprint density at radius 3 is 2.07 bits per heavy atom. The molecule has 0 atom stereocenters. The maximum Gasteiger partial charge on any atom is 0.00407 e. The van der Waals surface area contributed by atoms with Crippen LogP contribution >= 0.6 is 0 Å². The van der Waals surface area contributed by atoms with E-state index in [1.165, 1.54) is 64.5 Å². The molecule has 1 aliphatic carbocycles. The Kier molecular flexibility index (Phi) is 3.71. The normalized spacial score (nSPS) is 28.2. The molecule has 2 rings (SSSR count). The molecule has 2 aliphatic rings. The smallest absolute Gasteiger partial charge is 0.00407 e. The zero-order valence-electron chi connectivity index (χ0n) is 10.6. The SMILES string of the molecule is CC(C)N1CCCCC2(CCCCC2)C1. The summed E-state index contributed by atoms with van der Waals surface area (Å²) in [7, 11) is 0. The highest BCUT2D eigenvalue weighted by molar-refractivity contribution is 4.88. The van der Waals surface area contributed by atoms with Gasteiger partial charge in [-0.15, -0.1) is 0 Å². The predicted octanol–water partition coefficient (Wildman–Crippen LogP) is 3.83. The van der Waals surface area contributed by atoms with Crippen LogP contribution in [-0.2, 0) is 0 Å². The van der Waals surface area contributed by atoms with Gasteiger partial charge in [0, 0.05) is 12.6 Å². The minimum absolute atomic E-state index is 0.721. The molecule has 0 aromatic carbocycles. The van der Waals surface area contributed by atoms with Gasteiger partial charge in [0.1, 0.15) is 0 Å². The molecule has 2 fully saturated rings. The third-order valence-electron chi connectivity index (χ3n) is 4.59. The molecule has 0 aromatic heterocycles. The van der Waals surface area contributed by atoms with Gasteiger partial charge < -0.3 is 4.90 Å². The van der Waals surface area contributed by atoms with Gasteiger partial charge in [-0.2, -0.15) is 0 Å². The first-order chi connectivity index (χ1) is 7.22. The van der Waals surface area contributed by atoms with E-state index in [4.69, 9.17) is 0 Å². The lowest BCUT2D eigenvalue weighted by molar-refractivity contribution is 0.0959. The Hall–Kier alpha value is -0.0400. The summed E-state index contributed by atoms with van der Waals surface area (Å²) in [4.78, 5) is 2.73. The molecule has 0 radical (unpaired) electrons. The fraction of sp³-hybridized carbons (Fsp3) is 1.00. The van der Waals surface area contributed by atoms with Crippen LogP contribution in [0, 0.1) is 5.41 Å². The van der Waals surface area contributed by atoms with Crippen LogP contribution in [0.5, 0.6) is 0 Å². The van der Waals surface area contributed by atoms with E-state index in [0.717, 1.165) is 11.5 Å². The predicted molar refractivity (Wildman–Crippen MR) is 66.1 cm³/mol. The van der Waals surface area contributed by atoms with Gasteiger partial charge in [-0.05, 0) is 51.5 Å². The second kappa shape index (κ2) is 4.86. The summed E-state index contributed by atoms with van der Waals surface area (Å²) in [6.07, 6.45) is 11.9. The Balaban J connectivity index is 2.02. The van der Waals surface area contributed by atoms with Crippen molar-refractivity contribution in [3.8, 4) is 0 Å². The zero-order chi connectivity index (χ0) is 10.7. The summed E-state index contributed by atoms with van der Waals surface area (Å²) >= 11 is 0. The molecule has 1 nitrogen and oxygen atoms in total. The van der Waals surface area contributed by atoms with E-state index in [1.54, 1.807) is 0 Å². The molecule has 0 aromatic rings. The number of likely N-dealkylation sites (tertiary alicyclic amines) is 1. The average molecular weight is 209 g/mol. The summed E-state index contributed by atoms with van der Waals surface area (Å²) in [5.74, 6) is 0. The van der Waals surface area contributed by atoms with E-state index >= 15 is 0 Å². The third-order valence-corrected chi connectivity index (χ3v) is 4.59. The van der Waals surface area contributed by atoms with Crippen LogP contribution in [0.15, 0.2) is 0 Å². The van der Waals surface area contributed by atoms with E-state index in [0.29, 0.717) is 0 Å². The van der Waals surface area contributed by atoms with Crippen LogP contribution in [0.4, 0.5) is 0 Å². The molecular weight excluding hydrogens is 182 g/mol. The van der Waals surface area contributed by atoms with Crippen LogP contribution in [0.3, 0.4) is 0 Å². The molecule has 15 heavy (non-hydrogen) atoms. The van der Waals surface area contributed by atoms with Gasteiger partial charge in [0.2, 0.25) is 0 Å². The molecule has 0 N–H and O–H groups in total. The van der Waals surface area contributed by atoms with Gasteiger partial charge in [0.05, 0.1) is 0 Å². The van der Waals surface area contributed by atoms with Crippen LogP contribution in [0.1, 0.15) is 65.2 Å². The monoisotopic (exact) mass is 209 g/mol. The standard InChI is InChI=1S/C14H27N/c1-13(2)15-11-7-6-10-14(12-15)8-4-3-5-9-14/h13H,3-12H2,1-2H3. The number of rotatable bonds is 1. The molecule has 88 valence electrons. The van der Waals surface area contributed by atoms with Crippen molar-refractivity contribution in [1.29, 1.82) is 0 Å². The fourth-order valence-corrected chi connectivity index (χ4v) is 3.55. The van der Waals surface area contributed by atoms with E-state index in [-0.39, 0.29) is 0 Å². The lowest BCUT2D eigenvalue weighted by Crippen LogP contribution is -2.41. The quantitative estimate of drug-likeness (QED) is 0.634. The molecule has 1 spiro atoms. The molecule has 1 saturated heterocycles. The highest BCUT2D eigenvalue weighted by Gasteiger charge is 2.35. The topological polar surface area (TPSA) is 3.24 Å². The maximum absolute atomic E-state index is 2.73. The van der Waals surface area contributed by atoms with Crippen molar-refractivity contribution < 1.29 is 0 Å². The van der Waals surface area contributed by atoms with Crippen molar-refractivity contribution >= 4 is 0 Å². The summed E-state index contributed by atoms with van der Waals surface area (Å²) in [5.41, 5.74) is 0.721. The molecule has 0 bridgehead atoms. The summed E-state index contributed by atoms with van der Waals surface area (Å²) in [5, 5.41) is 0. The number of hydrogen-bond donors (Lipinski definition) is 0. The van der Waals surface area contributed by atoms with Crippen LogP contribution in [0.2, 0.25) is 0 Å². The molecular formula is C14H27N. The minimum Gasteiger partial charge on any atom is -0.300 e. The van der Waals surface area contributed by atoms with Gasteiger partial charge in [0.25, 0.3) is 0 Å². The lowest BCUT2D eigenvalue weighted by Gasteiger charge is -2.40. The van der Waals surface area contributed by atoms with Crippen LogP contribution in [-0.4, -0.2) is 24.0 Å². The van der Waals surface area contributed by atoms with Crippen molar-refractivity contribution in [1.82, 2.24) is 4.90 Å². The van der Waals surface area contributed by atoms with Gasteiger partial charge in [-0.25, -0.2) is 0 Å². The molecule has 0 unspecified atom stereocenters. The third kappa shape index (κ3) is 2.75. The second-order valence-electron chi connectivity index (χ2n) is 6.08. The van der Waals surface area contributed by atoms with Gasteiger partial charge >= 0.3 is 0 Å². The molecule has 1 aliphatic heterocycles. The maximum atomic E-state index is 2.73. The van der Waals surface area contributed by atoms with Crippen molar-refractivity contribution in [3.63, 3.8) is 0 Å². The van der Waals surface area contributed by atoms with Gasteiger partial charge in [-0.3, -0.25) is 0 Å². The van der Waals surface area contributed by atoms with E-state index in [1.807, 2.05) is 0 Å². The largest absolute Gasteiger partial charge is 0.300 e. The van der Waals surface area contributed by atoms with Gasteiger partial charge in [0.15, 0.2) is 0 Å². The van der Waals surface area contributed by atoms with Gasteiger partial charge in [-0.1, -0.05) is 25.7 Å². The fourth-order valence-electron chi connectivity index (χ4n) is 3.55. The van der Waals surface area contributed by atoms with E-state index < -0.39 is 0 Å². The molecule has 1 saturated carbocycles. The number of hydrogen-bond acceptors (Lipinski definition) is 1. The highest BCUT2D eigenvalue weighted by Crippen LogP contribution is 2.42. The second-order valence-corrected chi connectivity index (χ2v) is 6.08. The Bertz CT molecular complexity index is 192. The highest BCUT2D eigenvalue weighted by atomic mass is 15.2. The Morgan fingerprint density at radius 1 is 0.867 bits per heavy atom. The van der Waals surface area contributed by atoms with Crippen molar-refractivity contribution in [2.45, 2.75) is 71.3 Å². The van der Waals surface area contributed by atoms with Crippen LogP contribution in [0.25, 0.3) is 0 Å². The van der Waals surface area contributed by atoms with Crippen molar-refractivity contribution in [3.05, 3.63) is 0 Å². The summed E-state index contributed by atoms with van der Waals surface area (Å²) in [6, 6.07) is 0.752. The van der Waals surface area contributed by atoms with Crippen molar-refractivity contribution in [2.75, 3.05) is 13.1 Å². The van der Waals surface area contributed by atoms with Crippen LogP contribution < -0.4 is 0 Å². The summed E-state index contributed by atoms with van der Waals surface area (Å²) < 4.78 is 0. The first-order valence-corrected chi connectivity index (χ1v) is 6.96. The summed E-state index contributed by atoms with van der Waals surface area (Å²) in [6.45, 7) is 7.47. The first-order valence-electron chi connectivity index (χ1n) is 6.96. The lowest BCUT2D eigenvalue weighted by atomic mass is 9.71.